The van der Waals surface area contributed by atoms with E-state index in [4.69, 9.17) is 4.74 Å². The van der Waals surface area contributed by atoms with Crippen LogP contribution in [0.25, 0.3) is 0 Å². The zero-order valence-electron chi connectivity index (χ0n) is 13.7. The van der Waals surface area contributed by atoms with Crippen molar-refractivity contribution in [3.8, 4) is 0 Å². The molecule has 0 amide bonds. The Balaban J connectivity index is 1.99. The summed E-state index contributed by atoms with van der Waals surface area (Å²) in [4.78, 5) is 38.5. The first-order chi connectivity index (χ1) is 11.5. The average Bonchev–Trinajstić information content (AvgIpc) is 2.99. The van der Waals surface area contributed by atoms with Gasteiger partial charge in [0.1, 0.15) is 5.69 Å². The van der Waals surface area contributed by atoms with Crippen molar-refractivity contribution in [2.45, 2.75) is 0 Å². The van der Waals surface area contributed by atoms with Crippen molar-refractivity contribution in [2.75, 3.05) is 46.7 Å². The molecule has 0 spiro atoms. The van der Waals surface area contributed by atoms with E-state index in [-0.39, 0.29) is 21.9 Å². The highest BCUT2D eigenvalue weighted by atomic mass is 32.2. The first kappa shape index (κ1) is 18.4. The van der Waals surface area contributed by atoms with Crippen molar-refractivity contribution in [2.24, 2.45) is 0 Å². The Hall–Kier alpha value is -1.97. The standard InChI is InChI=1S/C15H19N3O5S/c1-18(2)4-5-23-6-7-24-10-8-9(19)12-11(14(10)20)13(17-16-12)15(21)22-3/h8H,4-7H2,1-3H3,(H,16,17). The van der Waals surface area contributed by atoms with E-state index in [0.29, 0.717) is 19.0 Å². The number of esters is 1. The molecule has 8 nitrogen and oxygen atoms in total. The van der Waals surface area contributed by atoms with Gasteiger partial charge in [0.2, 0.25) is 11.6 Å². The van der Waals surface area contributed by atoms with Gasteiger partial charge in [-0.05, 0) is 14.1 Å². The Kier molecular flexibility index (Phi) is 6.29. The van der Waals surface area contributed by atoms with E-state index in [9.17, 15) is 14.4 Å². The summed E-state index contributed by atoms with van der Waals surface area (Å²) in [6.45, 7) is 1.86. The fourth-order valence-electron chi connectivity index (χ4n) is 2.03. The van der Waals surface area contributed by atoms with Gasteiger partial charge in [0.15, 0.2) is 5.69 Å². The van der Waals surface area contributed by atoms with Crippen LogP contribution in [-0.4, -0.2) is 79.3 Å². The van der Waals surface area contributed by atoms with Crippen LogP contribution < -0.4 is 0 Å². The lowest BCUT2D eigenvalue weighted by Crippen LogP contribution is -2.19. The third kappa shape index (κ3) is 4.11. The molecule has 0 fully saturated rings. The summed E-state index contributed by atoms with van der Waals surface area (Å²) in [7, 11) is 5.11. The largest absolute Gasteiger partial charge is 0.464 e. The maximum atomic E-state index is 12.5. The Bertz CT molecular complexity index is 681. The number of likely N-dealkylation sites (N-methyl/N-ethyl adjacent to an activating group) is 1. The first-order valence-corrected chi connectivity index (χ1v) is 8.27. The number of H-pyrrole nitrogens is 1. The normalized spacial score (nSPS) is 13.9. The smallest absolute Gasteiger partial charge is 0.356 e. The van der Waals surface area contributed by atoms with E-state index < -0.39 is 17.5 Å². The van der Waals surface area contributed by atoms with E-state index in [0.717, 1.165) is 6.54 Å². The maximum absolute atomic E-state index is 12.5. The molecule has 9 heteroatoms. The van der Waals surface area contributed by atoms with Gasteiger partial charge in [-0.3, -0.25) is 14.7 Å². The molecule has 0 unspecified atom stereocenters. The summed E-state index contributed by atoms with van der Waals surface area (Å²) in [5.41, 5.74) is -0.170. The molecule has 1 N–H and O–H groups in total. The molecule has 2 rings (SSSR count). The van der Waals surface area contributed by atoms with Crippen LogP contribution in [0, 0.1) is 0 Å². The molecule has 0 aromatic carbocycles. The molecule has 130 valence electrons. The third-order valence-electron chi connectivity index (χ3n) is 3.27. The summed E-state index contributed by atoms with van der Waals surface area (Å²) < 4.78 is 10.1. The molecular formula is C15H19N3O5S. The monoisotopic (exact) mass is 353 g/mol. The van der Waals surface area contributed by atoms with Gasteiger partial charge < -0.3 is 14.4 Å². The minimum Gasteiger partial charge on any atom is -0.464 e. The first-order valence-electron chi connectivity index (χ1n) is 7.28. The predicted molar refractivity (Wildman–Crippen MR) is 88.5 cm³/mol. The van der Waals surface area contributed by atoms with Crippen molar-refractivity contribution >= 4 is 29.3 Å². The van der Waals surface area contributed by atoms with E-state index in [1.54, 1.807) is 0 Å². The Labute approximate surface area is 143 Å². The van der Waals surface area contributed by atoms with Crippen LogP contribution >= 0.6 is 11.8 Å². The number of thioether (sulfide) groups is 1. The molecule has 24 heavy (non-hydrogen) atoms. The van der Waals surface area contributed by atoms with E-state index in [2.05, 4.69) is 14.9 Å². The Morgan fingerprint density at radius 1 is 1.33 bits per heavy atom. The van der Waals surface area contributed by atoms with Crippen molar-refractivity contribution in [3.05, 3.63) is 27.9 Å². The fourth-order valence-corrected chi connectivity index (χ4v) is 2.88. The van der Waals surface area contributed by atoms with Crippen LogP contribution in [0.5, 0.6) is 0 Å². The molecule has 1 aliphatic rings. The molecule has 1 aliphatic carbocycles. The molecular weight excluding hydrogens is 334 g/mol. The number of aromatic nitrogens is 2. The molecule has 1 aromatic heterocycles. The van der Waals surface area contributed by atoms with Crippen LogP contribution in [0.3, 0.4) is 0 Å². The van der Waals surface area contributed by atoms with Crippen LogP contribution in [0.2, 0.25) is 0 Å². The zero-order valence-corrected chi connectivity index (χ0v) is 14.6. The molecule has 1 aromatic rings. The lowest BCUT2D eigenvalue weighted by Gasteiger charge is -2.12. The average molecular weight is 353 g/mol. The summed E-state index contributed by atoms with van der Waals surface area (Å²) in [5.74, 6) is -1.02. The highest BCUT2D eigenvalue weighted by Gasteiger charge is 2.34. The molecule has 0 radical (unpaired) electrons. The van der Waals surface area contributed by atoms with E-state index in [1.165, 1.54) is 24.9 Å². The van der Waals surface area contributed by atoms with E-state index in [1.807, 2.05) is 19.0 Å². The van der Waals surface area contributed by atoms with E-state index >= 15 is 0 Å². The van der Waals surface area contributed by atoms with Gasteiger partial charge in [-0.2, -0.15) is 5.10 Å². The fraction of sp³-hybridized carbons (Fsp3) is 0.467. The second-order valence-electron chi connectivity index (χ2n) is 5.28. The lowest BCUT2D eigenvalue weighted by molar-refractivity contribution is 0.0591. The number of hydrogen-bond donors (Lipinski definition) is 1. The minimum absolute atomic E-state index is 0.0228. The van der Waals surface area contributed by atoms with Gasteiger partial charge in [0, 0.05) is 18.4 Å². The molecule has 0 aliphatic heterocycles. The molecule has 0 atom stereocenters. The van der Waals surface area contributed by atoms with Crippen LogP contribution in [0.1, 0.15) is 31.3 Å². The van der Waals surface area contributed by atoms with Crippen LogP contribution in [-0.2, 0) is 9.47 Å². The number of aromatic amines is 1. The molecule has 0 bridgehead atoms. The Morgan fingerprint density at radius 3 is 2.75 bits per heavy atom. The number of carbonyl (C=O) groups is 3. The summed E-state index contributed by atoms with van der Waals surface area (Å²) in [6, 6.07) is 0. The van der Waals surface area contributed by atoms with Crippen molar-refractivity contribution < 1.29 is 23.9 Å². The van der Waals surface area contributed by atoms with Crippen molar-refractivity contribution in [1.29, 1.82) is 0 Å². The highest BCUT2D eigenvalue weighted by Crippen LogP contribution is 2.29. The predicted octanol–water partition coefficient (Wildman–Crippen LogP) is 0.771. The molecule has 1 heterocycles. The number of ether oxygens (including phenoxy) is 2. The topological polar surface area (TPSA) is 102 Å². The number of Topliss-reactive ketones (excluding diaryl/α,β-unsaturated/α-hetero) is 1. The van der Waals surface area contributed by atoms with Gasteiger partial charge in [0.25, 0.3) is 0 Å². The Morgan fingerprint density at radius 2 is 2.08 bits per heavy atom. The second kappa shape index (κ2) is 8.22. The van der Waals surface area contributed by atoms with Crippen molar-refractivity contribution in [1.82, 2.24) is 15.1 Å². The number of rotatable bonds is 8. The SMILES string of the molecule is COC(=O)c1[nH]nc2c1C(=O)C(SCCOCCN(C)C)=CC2=O. The maximum Gasteiger partial charge on any atom is 0.356 e. The summed E-state index contributed by atoms with van der Waals surface area (Å²) >= 11 is 1.22. The summed E-state index contributed by atoms with van der Waals surface area (Å²) in [6.07, 6.45) is 1.25. The quantitative estimate of drug-likeness (QED) is 0.540. The van der Waals surface area contributed by atoms with Gasteiger partial charge in [-0.1, -0.05) is 0 Å². The van der Waals surface area contributed by atoms with Gasteiger partial charge in [-0.25, -0.2) is 4.79 Å². The van der Waals surface area contributed by atoms with Gasteiger partial charge in [-0.15, -0.1) is 11.8 Å². The summed E-state index contributed by atoms with van der Waals surface area (Å²) in [5, 5.41) is 6.15. The third-order valence-corrected chi connectivity index (χ3v) is 4.26. The number of nitrogens with zero attached hydrogens (tertiary/aromatic N) is 2. The highest BCUT2D eigenvalue weighted by molar-refractivity contribution is 8.04. The van der Waals surface area contributed by atoms with Crippen LogP contribution in [0.15, 0.2) is 11.0 Å². The van der Waals surface area contributed by atoms with Gasteiger partial charge >= 0.3 is 5.97 Å². The van der Waals surface area contributed by atoms with Gasteiger partial charge in [0.05, 0.1) is 30.8 Å². The lowest BCUT2D eigenvalue weighted by atomic mass is 9.99. The second-order valence-corrected chi connectivity index (χ2v) is 6.42. The molecule has 0 saturated heterocycles. The number of fused-ring (bicyclic) bond motifs is 1. The number of nitrogens with one attached hydrogen (secondary N) is 1. The number of hydrogen-bond acceptors (Lipinski definition) is 8. The zero-order chi connectivity index (χ0) is 17.7. The number of carbonyl (C=O) groups excluding carboxylic acids is 3. The molecule has 0 saturated carbocycles. The number of allylic oxidation sites excluding steroid dienone is 2. The van der Waals surface area contributed by atoms with Crippen molar-refractivity contribution in [3.63, 3.8) is 0 Å². The number of ketones is 2. The minimum atomic E-state index is -0.733. The van der Waals surface area contributed by atoms with Crippen LogP contribution in [0.4, 0.5) is 0 Å². The number of methoxy groups -OCH3 is 1.